The minimum Gasteiger partial charge on any atom is -0.481 e. The third-order valence-corrected chi connectivity index (χ3v) is 14.0. The fourth-order valence-electron chi connectivity index (χ4n) is 11.9. The molecule has 0 amide bonds. The van der Waals surface area contributed by atoms with Crippen molar-refractivity contribution in [2.24, 2.45) is 62.6 Å². The van der Waals surface area contributed by atoms with Crippen molar-refractivity contribution in [1.82, 2.24) is 0 Å². The molecule has 5 nitrogen and oxygen atoms in total. The maximum atomic E-state index is 12.8. The summed E-state index contributed by atoms with van der Waals surface area (Å²) in [6.45, 7) is 12.0. The average Bonchev–Trinajstić information content (AvgIpc) is 3.19. The third-order valence-electron chi connectivity index (χ3n) is 14.0. The van der Waals surface area contributed by atoms with E-state index in [4.69, 9.17) is 0 Å². The summed E-state index contributed by atoms with van der Waals surface area (Å²) in [6, 6.07) is 0. The van der Waals surface area contributed by atoms with Crippen molar-refractivity contribution < 1.29 is 25.2 Å². The molecule has 0 radical (unpaired) electrons. The lowest BCUT2D eigenvalue weighted by atomic mass is 9.32. The van der Waals surface area contributed by atoms with Gasteiger partial charge >= 0.3 is 5.97 Å². The topological polar surface area (TPSA) is 98.0 Å². The monoisotopic (exact) mass is 490 g/mol. The van der Waals surface area contributed by atoms with Crippen molar-refractivity contribution in [3.63, 3.8) is 0 Å². The molecule has 0 bridgehead atoms. The molecule has 10 atom stereocenters. The first kappa shape index (κ1) is 26.0. The van der Waals surface area contributed by atoms with Gasteiger partial charge in [0.05, 0.1) is 11.5 Å². The van der Waals surface area contributed by atoms with Crippen LogP contribution in [-0.4, -0.2) is 45.7 Å². The second kappa shape index (κ2) is 8.17. The molecule has 5 heteroatoms. The van der Waals surface area contributed by atoms with Gasteiger partial charge < -0.3 is 20.4 Å². The Balaban J connectivity index is 1.56. The minimum absolute atomic E-state index is 0.0379. The van der Waals surface area contributed by atoms with Crippen LogP contribution in [0.2, 0.25) is 0 Å². The first-order valence-electron chi connectivity index (χ1n) is 14.5. The van der Waals surface area contributed by atoms with E-state index in [1.807, 2.05) is 0 Å². The van der Waals surface area contributed by atoms with Gasteiger partial charge in [0.1, 0.15) is 0 Å². The summed E-state index contributed by atoms with van der Waals surface area (Å²) in [4.78, 5) is 12.8. The number of carboxylic acid groups (broad SMARTS) is 1. The van der Waals surface area contributed by atoms with Crippen LogP contribution in [-0.2, 0) is 4.79 Å². The van der Waals surface area contributed by atoms with Crippen molar-refractivity contribution in [1.29, 1.82) is 0 Å². The van der Waals surface area contributed by atoms with Gasteiger partial charge in [0, 0.05) is 19.1 Å². The van der Waals surface area contributed by atoms with Gasteiger partial charge in [-0.1, -0.05) is 34.6 Å². The summed E-state index contributed by atoms with van der Waals surface area (Å²) in [5, 5.41) is 41.7. The van der Waals surface area contributed by atoms with Crippen molar-refractivity contribution in [2.45, 2.75) is 105 Å². The standard InChI is InChI=1S/C30H50O5/c1-26(2)21-9-12-29(5)22(27(21,3)11-10-23(26)33)7-6-20-24-19(18(16-31)17-32)8-13-30(24,25(34)35)15-14-28(20,29)4/h18-24,31-33H,6-17H2,1-5H3,(H,34,35)/t19-,20?,21-,22+,23+,24-,27-,28+,29+,30-/m0/s1. The molecule has 5 aliphatic carbocycles. The average molecular weight is 491 g/mol. The van der Waals surface area contributed by atoms with E-state index in [0.717, 1.165) is 57.8 Å². The summed E-state index contributed by atoms with van der Waals surface area (Å²) in [5.74, 6) is 0.689. The van der Waals surface area contributed by atoms with Gasteiger partial charge in [-0.2, -0.15) is 0 Å². The number of aliphatic hydroxyl groups excluding tert-OH is 3. The number of aliphatic hydroxyl groups is 3. The maximum absolute atomic E-state index is 12.8. The zero-order valence-corrected chi connectivity index (χ0v) is 22.7. The maximum Gasteiger partial charge on any atom is 0.309 e. The van der Waals surface area contributed by atoms with E-state index in [2.05, 4.69) is 34.6 Å². The normalized spacial score (nSPS) is 52.8. The number of aliphatic carboxylic acids is 1. The summed E-state index contributed by atoms with van der Waals surface area (Å²) in [7, 11) is 0. The number of fused-ring (bicyclic) bond motifs is 7. The Kier molecular flexibility index (Phi) is 6.07. The molecule has 1 unspecified atom stereocenters. The molecule has 0 aromatic rings. The van der Waals surface area contributed by atoms with Crippen molar-refractivity contribution >= 4 is 5.97 Å². The molecule has 0 heterocycles. The molecule has 0 aliphatic heterocycles. The summed E-state index contributed by atoms with van der Waals surface area (Å²) >= 11 is 0. The van der Waals surface area contributed by atoms with Crippen molar-refractivity contribution in [3.8, 4) is 0 Å². The van der Waals surface area contributed by atoms with Gasteiger partial charge in [-0.15, -0.1) is 0 Å². The van der Waals surface area contributed by atoms with E-state index < -0.39 is 11.4 Å². The van der Waals surface area contributed by atoms with Crippen LogP contribution in [0.15, 0.2) is 0 Å². The minimum atomic E-state index is -0.696. The van der Waals surface area contributed by atoms with Gasteiger partial charge in [0.15, 0.2) is 0 Å². The highest BCUT2D eigenvalue weighted by Crippen LogP contribution is 2.77. The Bertz CT molecular complexity index is 852. The zero-order valence-electron chi connectivity index (χ0n) is 22.7. The highest BCUT2D eigenvalue weighted by molar-refractivity contribution is 5.76. The molecule has 0 saturated heterocycles. The van der Waals surface area contributed by atoms with Gasteiger partial charge in [0.2, 0.25) is 0 Å². The van der Waals surface area contributed by atoms with Crippen LogP contribution < -0.4 is 0 Å². The molecule has 5 fully saturated rings. The van der Waals surface area contributed by atoms with E-state index in [9.17, 15) is 25.2 Å². The zero-order chi connectivity index (χ0) is 25.6. The Labute approximate surface area is 212 Å². The highest BCUT2D eigenvalue weighted by atomic mass is 16.4. The Hall–Kier alpha value is -0.650. The van der Waals surface area contributed by atoms with Crippen LogP contribution in [0.5, 0.6) is 0 Å². The molecule has 35 heavy (non-hydrogen) atoms. The summed E-state index contributed by atoms with van der Waals surface area (Å²) in [6.07, 6.45) is 9.43. The lowest BCUT2D eigenvalue weighted by Gasteiger charge is -2.72. The highest BCUT2D eigenvalue weighted by Gasteiger charge is 2.72. The fourth-order valence-corrected chi connectivity index (χ4v) is 11.9. The Morgan fingerprint density at radius 1 is 0.800 bits per heavy atom. The van der Waals surface area contributed by atoms with Crippen molar-refractivity contribution in [2.75, 3.05) is 13.2 Å². The number of carboxylic acids is 1. The van der Waals surface area contributed by atoms with Crippen molar-refractivity contribution in [3.05, 3.63) is 0 Å². The predicted octanol–water partition coefficient (Wildman–Crippen LogP) is 5.11. The molecule has 200 valence electrons. The smallest absolute Gasteiger partial charge is 0.309 e. The van der Waals surface area contributed by atoms with E-state index in [0.29, 0.717) is 24.2 Å². The van der Waals surface area contributed by atoms with Crippen LogP contribution in [0.3, 0.4) is 0 Å². The van der Waals surface area contributed by atoms with E-state index in [-0.39, 0.29) is 58.7 Å². The number of rotatable bonds is 4. The summed E-state index contributed by atoms with van der Waals surface area (Å²) in [5.41, 5.74) is -0.350. The SMILES string of the molecule is CC1(C)[C@H](O)CC[C@]2(C)[C@H]3CCC4[C@@H]5[C@H](C(CO)CO)CC[C@]5(C(=O)O)CC[C@@]4(C)[C@]3(C)CC[C@@H]12. The number of carbonyl (C=O) groups is 1. The van der Waals surface area contributed by atoms with E-state index in [1.165, 1.54) is 0 Å². The van der Waals surface area contributed by atoms with E-state index >= 15 is 0 Å². The fraction of sp³-hybridized carbons (Fsp3) is 0.967. The van der Waals surface area contributed by atoms with Gasteiger partial charge in [-0.25, -0.2) is 0 Å². The second-order valence-electron chi connectivity index (χ2n) is 14.9. The first-order chi connectivity index (χ1) is 16.3. The quantitative estimate of drug-likeness (QED) is 0.439. The summed E-state index contributed by atoms with van der Waals surface area (Å²) < 4.78 is 0. The predicted molar refractivity (Wildman–Crippen MR) is 135 cm³/mol. The van der Waals surface area contributed by atoms with Crippen LogP contribution in [0.25, 0.3) is 0 Å². The molecule has 0 spiro atoms. The molecule has 4 N–H and O–H groups in total. The van der Waals surface area contributed by atoms with E-state index in [1.54, 1.807) is 0 Å². The number of hydrogen-bond acceptors (Lipinski definition) is 4. The molecule has 0 aromatic heterocycles. The lowest BCUT2D eigenvalue weighted by molar-refractivity contribution is -0.250. The lowest BCUT2D eigenvalue weighted by Crippen LogP contribution is -2.67. The molecule has 5 rings (SSSR count). The second-order valence-corrected chi connectivity index (χ2v) is 14.9. The van der Waals surface area contributed by atoms with Gasteiger partial charge in [-0.05, 0) is 115 Å². The van der Waals surface area contributed by atoms with Crippen LogP contribution >= 0.6 is 0 Å². The Morgan fingerprint density at radius 2 is 1.49 bits per heavy atom. The first-order valence-corrected chi connectivity index (χ1v) is 14.5. The third kappa shape index (κ3) is 3.13. The Morgan fingerprint density at radius 3 is 2.11 bits per heavy atom. The van der Waals surface area contributed by atoms with Gasteiger partial charge in [-0.3, -0.25) is 4.79 Å². The molecular weight excluding hydrogens is 440 g/mol. The van der Waals surface area contributed by atoms with Crippen LogP contribution in [0.1, 0.15) is 98.8 Å². The van der Waals surface area contributed by atoms with Gasteiger partial charge in [0.25, 0.3) is 0 Å². The molecule has 5 aliphatic rings. The molecule has 5 saturated carbocycles. The number of hydrogen-bond donors (Lipinski definition) is 4. The largest absolute Gasteiger partial charge is 0.481 e. The molecule has 0 aromatic carbocycles. The van der Waals surface area contributed by atoms with Crippen LogP contribution in [0, 0.1) is 62.6 Å². The molecular formula is C30H50O5. The van der Waals surface area contributed by atoms with Crippen LogP contribution in [0.4, 0.5) is 0 Å².